The second-order valence-electron chi connectivity index (χ2n) is 6.27. The highest BCUT2D eigenvalue weighted by atomic mass is 16.5. The lowest BCUT2D eigenvalue weighted by Gasteiger charge is -2.29. The highest BCUT2D eigenvalue weighted by Crippen LogP contribution is 2.45. The molecule has 0 spiro atoms. The van der Waals surface area contributed by atoms with Crippen LogP contribution in [-0.4, -0.2) is 10.7 Å². The van der Waals surface area contributed by atoms with Gasteiger partial charge < -0.3 is 15.2 Å². The summed E-state index contributed by atoms with van der Waals surface area (Å²) in [7, 11) is 0. The normalized spacial score (nSPS) is 19.0. The Bertz CT molecular complexity index is 692. The molecule has 1 aliphatic rings. The van der Waals surface area contributed by atoms with E-state index in [1.165, 1.54) is 5.56 Å². The van der Waals surface area contributed by atoms with Crippen LogP contribution >= 0.6 is 0 Å². The fourth-order valence-corrected chi connectivity index (χ4v) is 2.89. The van der Waals surface area contributed by atoms with Crippen LogP contribution in [0.4, 0.5) is 5.69 Å². The molecule has 0 amide bonds. The topological polar surface area (TPSA) is 41.5 Å². The number of phenols is 1. The number of benzene rings is 2. The zero-order chi connectivity index (χ0) is 15.2. The molecule has 0 aliphatic carbocycles. The van der Waals surface area contributed by atoms with Crippen LogP contribution in [0.1, 0.15) is 36.6 Å². The molecule has 0 radical (unpaired) electrons. The summed E-state index contributed by atoms with van der Waals surface area (Å²) < 4.78 is 6.06. The number of fused-ring (bicyclic) bond motifs is 1. The largest absolute Gasteiger partial charge is 0.508 e. The van der Waals surface area contributed by atoms with Gasteiger partial charge in [0.25, 0.3) is 0 Å². The Kier molecular flexibility index (Phi) is 3.08. The summed E-state index contributed by atoms with van der Waals surface area (Å²) in [5.41, 5.74) is 3.78. The number of para-hydroxylation sites is 1. The van der Waals surface area contributed by atoms with Crippen molar-refractivity contribution < 1.29 is 9.84 Å². The van der Waals surface area contributed by atoms with E-state index in [-0.39, 0.29) is 11.6 Å². The van der Waals surface area contributed by atoms with Crippen LogP contribution in [0.3, 0.4) is 0 Å². The molecule has 1 atom stereocenters. The predicted octanol–water partition coefficient (Wildman–Crippen LogP) is 4.33. The van der Waals surface area contributed by atoms with Gasteiger partial charge >= 0.3 is 0 Å². The molecule has 0 saturated carbocycles. The first-order valence-electron chi connectivity index (χ1n) is 7.23. The highest BCUT2D eigenvalue weighted by molar-refractivity contribution is 5.59. The molecular formula is C18H21NO2. The Labute approximate surface area is 125 Å². The molecule has 1 heterocycles. The van der Waals surface area contributed by atoms with Crippen molar-refractivity contribution in [2.45, 2.75) is 39.3 Å². The first kappa shape index (κ1) is 13.8. The Morgan fingerprint density at radius 2 is 1.81 bits per heavy atom. The maximum atomic E-state index is 9.79. The monoisotopic (exact) mass is 283 g/mol. The Morgan fingerprint density at radius 3 is 2.57 bits per heavy atom. The molecule has 3 heteroatoms. The van der Waals surface area contributed by atoms with Gasteiger partial charge in [-0.25, -0.2) is 0 Å². The first-order valence-corrected chi connectivity index (χ1v) is 7.23. The predicted molar refractivity (Wildman–Crippen MR) is 85.1 cm³/mol. The SMILES string of the molecule is Cc1cc(NC2c3ccccc3OC2(C)C)c(C)cc1O. The van der Waals surface area contributed by atoms with Gasteiger partial charge in [-0.15, -0.1) is 0 Å². The maximum absolute atomic E-state index is 9.79. The third-order valence-corrected chi connectivity index (χ3v) is 4.14. The van der Waals surface area contributed by atoms with Gasteiger partial charge in [-0.3, -0.25) is 0 Å². The van der Waals surface area contributed by atoms with E-state index in [0.29, 0.717) is 5.75 Å². The fourth-order valence-electron chi connectivity index (χ4n) is 2.89. The lowest BCUT2D eigenvalue weighted by Crippen LogP contribution is -2.34. The third-order valence-electron chi connectivity index (χ3n) is 4.14. The van der Waals surface area contributed by atoms with Gasteiger partial charge in [-0.2, -0.15) is 0 Å². The Balaban J connectivity index is 1.99. The minimum absolute atomic E-state index is 0.0799. The van der Waals surface area contributed by atoms with E-state index in [9.17, 15) is 5.11 Å². The first-order chi connectivity index (χ1) is 9.88. The van der Waals surface area contributed by atoms with Crippen LogP contribution in [-0.2, 0) is 0 Å². The number of anilines is 1. The van der Waals surface area contributed by atoms with Crippen LogP contribution < -0.4 is 10.1 Å². The van der Waals surface area contributed by atoms with E-state index in [4.69, 9.17) is 4.74 Å². The molecule has 0 bridgehead atoms. The standard InChI is InChI=1S/C18H21NO2/c1-11-10-15(20)12(2)9-14(11)19-17-13-7-5-6-8-16(13)21-18(17,3)4/h5-10,17,19-20H,1-4H3. The zero-order valence-electron chi connectivity index (χ0n) is 12.9. The van der Waals surface area contributed by atoms with E-state index in [1.54, 1.807) is 6.07 Å². The lowest BCUT2D eigenvalue weighted by molar-refractivity contribution is 0.118. The molecule has 3 nitrogen and oxygen atoms in total. The minimum atomic E-state index is -0.318. The molecule has 0 aromatic heterocycles. The van der Waals surface area contributed by atoms with E-state index in [0.717, 1.165) is 22.6 Å². The van der Waals surface area contributed by atoms with Crippen LogP contribution in [0.15, 0.2) is 36.4 Å². The number of aromatic hydroxyl groups is 1. The van der Waals surface area contributed by atoms with Gasteiger partial charge in [0.15, 0.2) is 0 Å². The van der Waals surface area contributed by atoms with E-state index < -0.39 is 0 Å². The van der Waals surface area contributed by atoms with Gasteiger partial charge in [-0.05, 0) is 57.0 Å². The summed E-state index contributed by atoms with van der Waals surface area (Å²) in [5.74, 6) is 1.27. The van der Waals surface area contributed by atoms with Crippen molar-refractivity contribution in [3.63, 3.8) is 0 Å². The number of phenolic OH excluding ortho intramolecular Hbond substituents is 1. The van der Waals surface area contributed by atoms with Gasteiger partial charge in [0.1, 0.15) is 17.1 Å². The molecule has 2 aromatic rings. The smallest absolute Gasteiger partial charge is 0.128 e. The van der Waals surface area contributed by atoms with Gasteiger partial charge in [0, 0.05) is 11.3 Å². The summed E-state index contributed by atoms with van der Waals surface area (Å²) in [6.07, 6.45) is 0. The number of hydrogen-bond donors (Lipinski definition) is 2. The van der Waals surface area contributed by atoms with Crippen LogP contribution in [0, 0.1) is 13.8 Å². The Morgan fingerprint density at radius 1 is 1.10 bits per heavy atom. The van der Waals surface area contributed by atoms with Crippen molar-refractivity contribution in [2.75, 3.05) is 5.32 Å². The van der Waals surface area contributed by atoms with Gasteiger partial charge in [0.05, 0.1) is 6.04 Å². The van der Waals surface area contributed by atoms with Gasteiger partial charge in [-0.1, -0.05) is 18.2 Å². The number of aryl methyl sites for hydroxylation is 2. The van der Waals surface area contributed by atoms with Crippen molar-refractivity contribution in [1.29, 1.82) is 0 Å². The van der Waals surface area contributed by atoms with Crippen molar-refractivity contribution in [2.24, 2.45) is 0 Å². The quantitative estimate of drug-likeness (QED) is 0.806. The molecule has 1 unspecified atom stereocenters. The third kappa shape index (κ3) is 2.33. The summed E-state index contributed by atoms with van der Waals surface area (Å²) in [6.45, 7) is 8.08. The van der Waals surface area contributed by atoms with Crippen LogP contribution in [0.2, 0.25) is 0 Å². The zero-order valence-corrected chi connectivity index (χ0v) is 12.9. The maximum Gasteiger partial charge on any atom is 0.128 e. The molecule has 21 heavy (non-hydrogen) atoms. The molecule has 0 fully saturated rings. The van der Waals surface area contributed by atoms with E-state index in [1.807, 2.05) is 38.1 Å². The summed E-state index contributed by atoms with van der Waals surface area (Å²) in [6, 6.07) is 12.0. The molecule has 3 rings (SSSR count). The Hall–Kier alpha value is -2.16. The molecule has 110 valence electrons. The second-order valence-corrected chi connectivity index (χ2v) is 6.27. The van der Waals surface area contributed by atoms with Crippen LogP contribution in [0.5, 0.6) is 11.5 Å². The second kappa shape index (κ2) is 4.69. The number of ether oxygens (including phenoxy) is 1. The fraction of sp³-hybridized carbons (Fsp3) is 0.333. The highest BCUT2D eigenvalue weighted by Gasteiger charge is 2.41. The minimum Gasteiger partial charge on any atom is -0.508 e. The number of rotatable bonds is 2. The summed E-state index contributed by atoms with van der Waals surface area (Å²) in [5, 5.41) is 13.4. The summed E-state index contributed by atoms with van der Waals surface area (Å²) >= 11 is 0. The molecular weight excluding hydrogens is 262 g/mol. The molecule has 2 aromatic carbocycles. The van der Waals surface area contributed by atoms with Crippen LogP contribution in [0.25, 0.3) is 0 Å². The number of hydrogen-bond acceptors (Lipinski definition) is 3. The van der Waals surface area contributed by atoms with Crippen molar-refractivity contribution in [3.8, 4) is 11.5 Å². The average Bonchev–Trinajstić information content (AvgIpc) is 2.67. The summed E-state index contributed by atoms with van der Waals surface area (Å²) in [4.78, 5) is 0. The van der Waals surface area contributed by atoms with Gasteiger partial charge in [0.2, 0.25) is 0 Å². The number of nitrogens with one attached hydrogen (secondary N) is 1. The molecule has 2 N–H and O–H groups in total. The lowest BCUT2D eigenvalue weighted by atomic mass is 9.93. The molecule has 0 saturated heterocycles. The van der Waals surface area contributed by atoms with Crippen molar-refractivity contribution in [1.82, 2.24) is 0 Å². The average molecular weight is 283 g/mol. The van der Waals surface area contributed by atoms with Crippen molar-refractivity contribution >= 4 is 5.69 Å². The van der Waals surface area contributed by atoms with Crippen molar-refractivity contribution in [3.05, 3.63) is 53.1 Å². The van der Waals surface area contributed by atoms with E-state index in [2.05, 4.69) is 25.2 Å². The van der Waals surface area contributed by atoms with E-state index >= 15 is 0 Å². The molecule has 1 aliphatic heterocycles.